The lowest BCUT2D eigenvalue weighted by molar-refractivity contribution is 0.592. The zero-order valence-corrected chi connectivity index (χ0v) is 14.7. The van der Waals surface area contributed by atoms with Crippen LogP contribution >= 0.6 is 0 Å². The summed E-state index contributed by atoms with van der Waals surface area (Å²) >= 11 is -1.34. The van der Waals surface area contributed by atoms with E-state index in [1.54, 1.807) is 21.4 Å². The van der Waals surface area contributed by atoms with Crippen LogP contribution in [0, 0.1) is 13.8 Å². The summed E-state index contributed by atoms with van der Waals surface area (Å²) in [5.74, 6) is 0.460. The minimum atomic E-state index is -1.34. The molecule has 25 heavy (non-hydrogen) atoms. The van der Waals surface area contributed by atoms with Crippen molar-refractivity contribution in [1.29, 1.82) is 0 Å². The molecule has 3 aromatic heterocycles. The van der Waals surface area contributed by atoms with Crippen molar-refractivity contribution in [3.63, 3.8) is 0 Å². The number of imidazole rings is 1. The van der Waals surface area contributed by atoms with Gasteiger partial charge in [-0.2, -0.15) is 9.97 Å². The van der Waals surface area contributed by atoms with Crippen molar-refractivity contribution in [3.8, 4) is 5.69 Å². The van der Waals surface area contributed by atoms with Gasteiger partial charge >= 0.3 is 5.16 Å². The Morgan fingerprint density at radius 1 is 1.16 bits per heavy atom. The standard InChI is InChI=1S/C17H15N5O2S/c1-10-5-4-6-11(2)13(10)22-15(23)12-9-19-16(25(3)24)20-14(12)21-8-7-18-17(21)22/h4-9H,1-3H3. The van der Waals surface area contributed by atoms with Crippen LogP contribution in [0.15, 0.2) is 46.7 Å². The maximum absolute atomic E-state index is 13.2. The molecule has 1 atom stereocenters. The molecular formula is C17H15N5O2S. The van der Waals surface area contributed by atoms with E-state index in [1.807, 2.05) is 32.0 Å². The quantitative estimate of drug-likeness (QED) is 0.405. The highest BCUT2D eigenvalue weighted by atomic mass is 32.2. The molecular weight excluding hydrogens is 338 g/mol. The first-order valence-corrected chi connectivity index (χ1v) is 9.19. The van der Waals surface area contributed by atoms with Crippen molar-refractivity contribution in [1.82, 2.24) is 23.9 Å². The van der Waals surface area contributed by atoms with Gasteiger partial charge in [-0.15, -0.1) is 0 Å². The zero-order chi connectivity index (χ0) is 17.7. The number of rotatable bonds is 2. The summed E-state index contributed by atoms with van der Waals surface area (Å²) in [6.45, 7) is 3.91. The Hall–Kier alpha value is -2.71. The maximum Gasteiger partial charge on any atom is 0.344 e. The Labute approximate surface area is 146 Å². The first kappa shape index (κ1) is 15.8. The predicted octanol–water partition coefficient (Wildman–Crippen LogP) is 1.78. The topological polar surface area (TPSA) is 88.1 Å². The van der Waals surface area contributed by atoms with E-state index in [1.165, 1.54) is 12.5 Å². The molecule has 7 nitrogen and oxygen atoms in total. The second-order valence-corrected chi connectivity index (χ2v) is 7.10. The Balaban J connectivity index is 2.20. The molecule has 0 radical (unpaired) electrons. The van der Waals surface area contributed by atoms with Crippen molar-refractivity contribution in [3.05, 3.63) is 58.3 Å². The number of para-hydroxylation sites is 1. The molecule has 0 amide bonds. The lowest BCUT2D eigenvalue weighted by atomic mass is 10.1. The molecule has 0 N–H and O–H groups in total. The molecule has 0 bridgehead atoms. The Kier molecular flexibility index (Phi) is 3.59. The summed E-state index contributed by atoms with van der Waals surface area (Å²) in [5.41, 5.74) is 2.89. The van der Waals surface area contributed by atoms with Gasteiger partial charge in [-0.3, -0.25) is 9.20 Å². The van der Waals surface area contributed by atoms with Gasteiger partial charge < -0.3 is 4.55 Å². The molecule has 4 aromatic rings. The summed E-state index contributed by atoms with van der Waals surface area (Å²) in [6.07, 6.45) is 6.29. The SMILES string of the molecule is Cc1cccc(C)c1-n1c(=O)c2cnc([S+](C)[O-])nc2n2ccnc12. The summed E-state index contributed by atoms with van der Waals surface area (Å²) in [7, 11) is 0. The van der Waals surface area contributed by atoms with Crippen LogP contribution in [0.4, 0.5) is 0 Å². The van der Waals surface area contributed by atoms with E-state index in [0.29, 0.717) is 16.8 Å². The van der Waals surface area contributed by atoms with Gasteiger partial charge in [-0.1, -0.05) is 18.2 Å². The lowest BCUT2D eigenvalue weighted by Gasteiger charge is -2.15. The van der Waals surface area contributed by atoms with E-state index < -0.39 is 11.2 Å². The summed E-state index contributed by atoms with van der Waals surface area (Å²) < 4.78 is 15.0. The maximum atomic E-state index is 13.2. The third-order valence-corrected chi connectivity index (χ3v) is 4.86. The molecule has 126 valence electrons. The molecule has 0 spiro atoms. The van der Waals surface area contributed by atoms with Crippen LogP contribution in [-0.2, 0) is 11.2 Å². The molecule has 1 aromatic carbocycles. The van der Waals surface area contributed by atoms with Crippen molar-refractivity contribution in [2.24, 2.45) is 0 Å². The van der Waals surface area contributed by atoms with Gasteiger partial charge in [0.15, 0.2) is 5.65 Å². The van der Waals surface area contributed by atoms with Gasteiger partial charge in [-0.25, -0.2) is 9.55 Å². The highest BCUT2D eigenvalue weighted by Gasteiger charge is 2.19. The fourth-order valence-corrected chi connectivity index (χ4v) is 3.44. The number of aryl methyl sites for hydroxylation is 2. The summed E-state index contributed by atoms with van der Waals surface area (Å²) in [6, 6.07) is 5.87. The molecule has 0 aliphatic carbocycles. The van der Waals surface area contributed by atoms with Crippen LogP contribution in [-0.4, -0.2) is 34.7 Å². The second kappa shape index (κ2) is 5.68. The third kappa shape index (κ3) is 2.33. The van der Waals surface area contributed by atoms with Gasteiger partial charge in [0, 0.05) is 23.6 Å². The van der Waals surface area contributed by atoms with Crippen LogP contribution in [0.3, 0.4) is 0 Å². The van der Waals surface area contributed by atoms with E-state index in [0.717, 1.165) is 16.8 Å². The minimum absolute atomic E-state index is 0.187. The molecule has 0 aliphatic heterocycles. The van der Waals surface area contributed by atoms with Crippen LogP contribution in [0.1, 0.15) is 11.1 Å². The highest BCUT2D eigenvalue weighted by Crippen LogP contribution is 2.21. The fourth-order valence-electron chi connectivity index (χ4n) is 3.03. The average Bonchev–Trinajstić information content (AvgIpc) is 3.06. The molecule has 0 saturated carbocycles. The van der Waals surface area contributed by atoms with Crippen molar-refractivity contribution in [2.45, 2.75) is 19.0 Å². The predicted molar refractivity (Wildman–Crippen MR) is 95.7 cm³/mol. The van der Waals surface area contributed by atoms with Crippen molar-refractivity contribution >= 4 is 28.0 Å². The lowest BCUT2D eigenvalue weighted by Crippen LogP contribution is -2.24. The van der Waals surface area contributed by atoms with E-state index in [4.69, 9.17) is 0 Å². The van der Waals surface area contributed by atoms with E-state index in [-0.39, 0.29) is 10.7 Å². The molecule has 0 fully saturated rings. The van der Waals surface area contributed by atoms with Crippen LogP contribution in [0.5, 0.6) is 0 Å². The van der Waals surface area contributed by atoms with Gasteiger partial charge in [0.2, 0.25) is 5.78 Å². The fraction of sp³-hybridized carbons (Fsp3) is 0.176. The number of hydrogen-bond acceptors (Lipinski definition) is 5. The van der Waals surface area contributed by atoms with Crippen LogP contribution < -0.4 is 5.56 Å². The third-order valence-electron chi connectivity index (χ3n) is 4.15. The van der Waals surface area contributed by atoms with Gasteiger partial charge in [0.25, 0.3) is 5.56 Å². The van der Waals surface area contributed by atoms with Gasteiger partial charge in [0.05, 0.1) is 11.9 Å². The zero-order valence-electron chi connectivity index (χ0n) is 13.9. The molecule has 1 unspecified atom stereocenters. The second-order valence-electron chi connectivity index (χ2n) is 5.82. The number of benzene rings is 1. The first-order valence-electron chi connectivity index (χ1n) is 7.64. The van der Waals surface area contributed by atoms with Crippen LogP contribution in [0.25, 0.3) is 22.5 Å². The Bertz CT molecular complexity index is 1160. The summed E-state index contributed by atoms with van der Waals surface area (Å²) in [4.78, 5) is 25.9. The molecule has 0 saturated heterocycles. The molecule has 0 aliphatic rings. The number of nitrogens with zero attached hydrogens (tertiary/aromatic N) is 5. The smallest absolute Gasteiger partial charge is 0.344 e. The van der Waals surface area contributed by atoms with Crippen molar-refractivity contribution in [2.75, 3.05) is 6.26 Å². The molecule has 8 heteroatoms. The van der Waals surface area contributed by atoms with E-state index in [2.05, 4.69) is 15.0 Å². The van der Waals surface area contributed by atoms with Gasteiger partial charge in [-0.05, 0) is 25.0 Å². The van der Waals surface area contributed by atoms with E-state index >= 15 is 0 Å². The largest absolute Gasteiger partial charge is 0.609 e. The minimum Gasteiger partial charge on any atom is -0.609 e. The number of hydrogen-bond donors (Lipinski definition) is 0. The van der Waals surface area contributed by atoms with Crippen molar-refractivity contribution < 1.29 is 4.55 Å². The first-order chi connectivity index (χ1) is 12.0. The van der Waals surface area contributed by atoms with Gasteiger partial charge in [0.1, 0.15) is 11.6 Å². The monoisotopic (exact) mass is 353 g/mol. The Morgan fingerprint density at radius 3 is 2.56 bits per heavy atom. The highest BCUT2D eigenvalue weighted by molar-refractivity contribution is 7.90. The number of fused-ring (bicyclic) bond motifs is 3. The molecule has 3 heterocycles. The normalized spacial score (nSPS) is 12.8. The van der Waals surface area contributed by atoms with E-state index in [9.17, 15) is 9.35 Å². The van der Waals surface area contributed by atoms with Crippen LogP contribution in [0.2, 0.25) is 0 Å². The summed E-state index contributed by atoms with van der Waals surface area (Å²) in [5, 5.41) is 0.536. The number of aromatic nitrogens is 5. The average molecular weight is 353 g/mol. The molecule has 4 rings (SSSR count). The Morgan fingerprint density at radius 2 is 1.88 bits per heavy atom.